The smallest absolute Gasteiger partial charge is 0.244 e. The van der Waals surface area contributed by atoms with Gasteiger partial charge in [0.2, 0.25) is 15.9 Å². The number of thioether (sulfide) groups is 1. The van der Waals surface area contributed by atoms with Gasteiger partial charge in [-0.15, -0.1) is 0 Å². The van der Waals surface area contributed by atoms with E-state index in [1.807, 2.05) is 6.92 Å². The van der Waals surface area contributed by atoms with Crippen molar-refractivity contribution >= 4 is 27.7 Å². The third kappa shape index (κ3) is 3.83. The van der Waals surface area contributed by atoms with Crippen LogP contribution in [0.2, 0.25) is 0 Å². The molecule has 6 nitrogen and oxygen atoms in total. The molecule has 1 heterocycles. The van der Waals surface area contributed by atoms with Gasteiger partial charge < -0.3 is 5.32 Å². The molecule has 4 aliphatic rings. The Labute approximate surface area is 171 Å². The zero-order chi connectivity index (χ0) is 20.1. The molecule has 1 atom stereocenters. The van der Waals surface area contributed by atoms with E-state index in [0.29, 0.717) is 5.03 Å². The van der Waals surface area contributed by atoms with Gasteiger partial charge in [-0.1, -0.05) is 11.8 Å². The van der Waals surface area contributed by atoms with Gasteiger partial charge in [-0.2, -0.15) is 0 Å². The fourth-order valence-electron chi connectivity index (χ4n) is 5.66. The summed E-state index contributed by atoms with van der Waals surface area (Å²) in [6.07, 6.45) is 8.83. The van der Waals surface area contributed by atoms with Crippen LogP contribution < -0.4 is 5.32 Å². The quantitative estimate of drug-likeness (QED) is 0.712. The van der Waals surface area contributed by atoms with Gasteiger partial charge in [-0.05, 0) is 75.3 Å². The summed E-state index contributed by atoms with van der Waals surface area (Å²) in [6.45, 7) is 1.90. The number of nitrogens with zero attached hydrogens (tertiary/aromatic N) is 2. The zero-order valence-corrected chi connectivity index (χ0v) is 18.4. The Bertz CT molecular complexity index is 817. The van der Waals surface area contributed by atoms with Crippen molar-refractivity contribution in [2.24, 2.45) is 17.8 Å². The number of nitrogens with one attached hydrogen (secondary N) is 1. The highest BCUT2D eigenvalue weighted by atomic mass is 32.2. The third-order valence-electron chi connectivity index (χ3n) is 6.58. The SMILES string of the molecule is C[C@@H](Sc1ccc(S(=O)(=O)N(C)C)cn1)C(=O)NC12CC3CC(CC(C3)C1)C2. The molecule has 0 spiro atoms. The third-order valence-corrected chi connectivity index (χ3v) is 9.43. The van der Waals surface area contributed by atoms with Crippen LogP contribution in [0.25, 0.3) is 0 Å². The number of amides is 1. The second-order valence-corrected chi connectivity index (χ2v) is 12.6. The highest BCUT2D eigenvalue weighted by Gasteiger charge is 2.51. The highest BCUT2D eigenvalue weighted by Crippen LogP contribution is 2.55. The van der Waals surface area contributed by atoms with Gasteiger partial charge in [0.25, 0.3) is 0 Å². The Kier molecular flexibility index (Phi) is 5.25. The van der Waals surface area contributed by atoms with E-state index < -0.39 is 10.0 Å². The fraction of sp³-hybridized carbons (Fsp3) is 0.700. The summed E-state index contributed by atoms with van der Waals surface area (Å²) in [6, 6.07) is 3.23. The van der Waals surface area contributed by atoms with Crippen LogP contribution in [0.4, 0.5) is 0 Å². The topological polar surface area (TPSA) is 79.4 Å². The summed E-state index contributed by atoms with van der Waals surface area (Å²) in [5.41, 5.74) is 0.0116. The van der Waals surface area contributed by atoms with E-state index in [0.717, 1.165) is 37.0 Å². The molecule has 154 valence electrons. The highest BCUT2D eigenvalue weighted by molar-refractivity contribution is 8.00. The summed E-state index contributed by atoms with van der Waals surface area (Å²) in [5, 5.41) is 3.80. The molecule has 0 aromatic carbocycles. The van der Waals surface area contributed by atoms with Crippen molar-refractivity contribution in [2.45, 2.75) is 66.2 Å². The van der Waals surface area contributed by atoms with Gasteiger partial charge in [-0.25, -0.2) is 17.7 Å². The Balaban J connectivity index is 1.39. The van der Waals surface area contributed by atoms with E-state index in [1.54, 1.807) is 12.1 Å². The van der Waals surface area contributed by atoms with Crippen LogP contribution in [-0.2, 0) is 14.8 Å². The lowest BCUT2D eigenvalue weighted by Gasteiger charge is -2.57. The first-order chi connectivity index (χ1) is 13.2. The number of sulfonamides is 1. The minimum Gasteiger partial charge on any atom is -0.350 e. The largest absolute Gasteiger partial charge is 0.350 e. The normalized spacial score (nSPS) is 32.5. The van der Waals surface area contributed by atoms with Crippen LogP contribution >= 0.6 is 11.8 Å². The van der Waals surface area contributed by atoms with Gasteiger partial charge in [0.1, 0.15) is 4.90 Å². The van der Waals surface area contributed by atoms with E-state index in [4.69, 9.17) is 0 Å². The number of pyridine rings is 1. The summed E-state index contributed by atoms with van der Waals surface area (Å²) < 4.78 is 25.4. The molecule has 4 bridgehead atoms. The van der Waals surface area contributed by atoms with Crippen LogP contribution in [-0.4, -0.2) is 48.5 Å². The minimum absolute atomic E-state index is 0.0116. The molecule has 0 radical (unpaired) electrons. The maximum Gasteiger partial charge on any atom is 0.244 e. The Morgan fingerprint density at radius 1 is 1.18 bits per heavy atom. The van der Waals surface area contributed by atoms with Crippen molar-refractivity contribution in [2.75, 3.05) is 14.1 Å². The van der Waals surface area contributed by atoms with Crippen molar-refractivity contribution in [3.63, 3.8) is 0 Å². The lowest BCUT2D eigenvalue weighted by Crippen LogP contribution is -2.60. The van der Waals surface area contributed by atoms with E-state index in [1.165, 1.54) is 55.6 Å². The van der Waals surface area contributed by atoms with Crippen LogP contribution in [0.15, 0.2) is 28.3 Å². The predicted octanol–water partition coefficient (Wildman–Crippen LogP) is 2.90. The Hall–Kier alpha value is -1.12. The van der Waals surface area contributed by atoms with Crippen LogP contribution in [0.3, 0.4) is 0 Å². The van der Waals surface area contributed by atoms with E-state index >= 15 is 0 Å². The first kappa shape index (κ1) is 20.2. The number of hydrogen-bond donors (Lipinski definition) is 1. The number of carbonyl (C=O) groups excluding carboxylic acids is 1. The van der Waals surface area contributed by atoms with Gasteiger partial charge >= 0.3 is 0 Å². The van der Waals surface area contributed by atoms with Gasteiger partial charge in [0, 0.05) is 25.8 Å². The summed E-state index contributed by atoms with van der Waals surface area (Å²) in [5.74, 6) is 2.45. The molecule has 4 saturated carbocycles. The molecule has 0 saturated heterocycles. The minimum atomic E-state index is -3.49. The van der Waals surface area contributed by atoms with E-state index in [-0.39, 0.29) is 21.6 Å². The molecular formula is C20H29N3O3S2. The molecule has 4 fully saturated rings. The molecule has 1 aromatic rings. The van der Waals surface area contributed by atoms with Crippen molar-refractivity contribution in [3.8, 4) is 0 Å². The van der Waals surface area contributed by atoms with Crippen molar-refractivity contribution in [1.82, 2.24) is 14.6 Å². The second kappa shape index (κ2) is 7.29. The number of rotatable bonds is 6. The number of aromatic nitrogens is 1. The standard InChI is InChI=1S/C20H29N3O3S2/c1-13(27-18-5-4-17(12-21-18)28(25,26)23(2)3)19(24)22-20-9-14-6-15(10-20)8-16(7-14)11-20/h4-5,12-16H,6-11H2,1-3H3,(H,22,24)/t13-,14?,15?,16?,20?/m1/s1. The average molecular weight is 424 g/mol. The monoisotopic (exact) mass is 423 g/mol. The first-order valence-corrected chi connectivity index (χ1v) is 12.4. The van der Waals surface area contributed by atoms with Gasteiger partial charge in [-0.3, -0.25) is 4.79 Å². The molecule has 0 aliphatic heterocycles. The van der Waals surface area contributed by atoms with Crippen LogP contribution in [0, 0.1) is 17.8 Å². The van der Waals surface area contributed by atoms with E-state index in [9.17, 15) is 13.2 Å². The predicted molar refractivity (Wildman–Crippen MR) is 109 cm³/mol. The van der Waals surface area contributed by atoms with Gasteiger partial charge in [0.15, 0.2) is 0 Å². The summed E-state index contributed by atoms with van der Waals surface area (Å²) >= 11 is 1.38. The summed E-state index contributed by atoms with van der Waals surface area (Å²) in [7, 11) is -0.497. The molecule has 28 heavy (non-hydrogen) atoms. The van der Waals surface area contributed by atoms with E-state index in [2.05, 4.69) is 10.3 Å². The molecule has 1 N–H and O–H groups in total. The first-order valence-electron chi connectivity index (χ1n) is 10.0. The maximum atomic E-state index is 12.9. The van der Waals surface area contributed by atoms with Crippen molar-refractivity contribution in [3.05, 3.63) is 18.3 Å². The molecule has 1 amide bonds. The number of carbonyl (C=O) groups is 1. The van der Waals surface area contributed by atoms with Crippen LogP contribution in [0.5, 0.6) is 0 Å². The molecule has 4 aliphatic carbocycles. The summed E-state index contributed by atoms with van der Waals surface area (Å²) in [4.78, 5) is 17.3. The lowest BCUT2D eigenvalue weighted by molar-refractivity contribution is -0.126. The fourth-order valence-corrected chi connectivity index (χ4v) is 7.30. The molecule has 8 heteroatoms. The molecule has 5 rings (SSSR count). The Morgan fingerprint density at radius 2 is 1.75 bits per heavy atom. The molecule has 1 aromatic heterocycles. The van der Waals surface area contributed by atoms with Gasteiger partial charge in [0.05, 0.1) is 10.3 Å². The average Bonchev–Trinajstić information content (AvgIpc) is 2.60. The van der Waals surface area contributed by atoms with Crippen molar-refractivity contribution in [1.29, 1.82) is 0 Å². The van der Waals surface area contributed by atoms with Crippen LogP contribution in [0.1, 0.15) is 45.4 Å². The lowest BCUT2D eigenvalue weighted by atomic mass is 9.53. The van der Waals surface area contributed by atoms with Crippen molar-refractivity contribution < 1.29 is 13.2 Å². The number of hydrogen-bond acceptors (Lipinski definition) is 5. The molecule has 0 unspecified atom stereocenters. The molecular weight excluding hydrogens is 394 g/mol. The zero-order valence-electron chi connectivity index (χ0n) is 16.7. The Morgan fingerprint density at radius 3 is 2.21 bits per heavy atom. The second-order valence-electron chi connectivity index (χ2n) is 9.07. The maximum absolute atomic E-state index is 12.9.